The third kappa shape index (κ3) is 6.95. The molecule has 8 aromatic carbocycles. The summed E-state index contributed by atoms with van der Waals surface area (Å²) in [4.78, 5) is 6.54. The first-order valence-electron chi connectivity index (χ1n) is 27.7. The Hall–Kier alpha value is -7.33. The van der Waals surface area contributed by atoms with Crippen LogP contribution in [-0.4, -0.2) is 14.1 Å². The van der Waals surface area contributed by atoms with Crippen LogP contribution in [0.25, 0.3) is 82.1 Å². The van der Waals surface area contributed by atoms with Gasteiger partial charge in [-0.05, 0) is 105 Å². The van der Waals surface area contributed by atoms with Crippen molar-refractivity contribution in [3.63, 3.8) is 0 Å². The van der Waals surface area contributed by atoms with Gasteiger partial charge in [0.2, 0.25) is 0 Å². The molecule has 0 N–H and O–H groups in total. The number of hydrogen-bond donors (Lipinski definition) is 0. The monoisotopic (exact) mass is 1060 g/mol. The summed E-state index contributed by atoms with van der Waals surface area (Å²) in [6, 6.07) is 37.1. The summed E-state index contributed by atoms with van der Waals surface area (Å²) in [6.07, 6.45) is 1.63. The number of benzene rings is 8. The third-order valence-corrected chi connectivity index (χ3v) is 12.6. The molecule has 0 unspecified atom stereocenters. The molecule has 11 aromatic rings. The van der Waals surface area contributed by atoms with Crippen molar-refractivity contribution in [1.29, 1.82) is 0 Å². The van der Waals surface area contributed by atoms with Crippen molar-refractivity contribution >= 4 is 76.5 Å². The van der Waals surface area contributed by atoms with E-state index in [-0.39, 0.29) is 83.3 Å². The van der Waals surface area contributed by atoms with Crippen molar-refractivity contribution < 1.29 is 42.3 Å². The van der Waals surface area contributed by atoms with Crippen molar-refractivity contribution in [3.05, 3.63) is 211 Å². The number of pyridine rings is 1. The first-order chi connectivity index (χ1) is 37.0. The summed E-state index contributed by atoms with van der Waals surface area (Å²) in [7, 11) is 0. The molecule has 0 fully saturated rings. The van der Waals surface area contributed by atoms with Gasteiger partial charge in [-0.2, -0.15) is 6.07 Å². The average Bonchev–Trinajstić information content (AvgIpc) is 4.16. The number of rotatable bonds is 5. The van der Waals surface area contributed by atoms with E-state index >= 15 is 0 Å². The third-order valence-electron chi connectivity index (χ3n) is 12.6. The molecule has 6 heteroatoms. The van der Waals surface area contributed by atoms with Crippen LogP contribution in [0, 0.1) is 39.5 Å². The van der Waals surface area contributed by atoms with Crippen LogP contribution in [0.5, 0.6) is 11.5 Å². The molecule has 0 amide bonds. The van der Waals surface area contributed by atoms with Crippen LogP contribution in [0.1, 0.15) is 59.5 Å². The summed E-state index contributed by atoms with van der Waals surface area (Å²) >= 11 is 0. The SMILES string of the molecule is [2H]c1c([2H])c([2H])c(-c2cc(N3[CH-]n4c5c(C)cccc5c5cc(C)ccc5c5ccccc5c5cccc3c54)[c-]c(Oc3[c-]c4c(cc3)c3c([2H])c([2H])c([2H])c([2H])c3n4-c3cc(C(C)(C)C)ccn3)c2C([2H])([2H])[2H])c([2H])c1[2H].[Pt]. The summed E-state index contributed by atoms with van der Waals surface area (Å²) in [5, 5.41) is 6.54. The Bertz CT molecular complexity index is 4490. The molecule has 12 rings (SSSR count). The van der Waals surface area contributed by atoms with E-state index in [1.807, 2.05) is 74.8 Å². The Morgan fingerprint density at radius 2 is 1.39 bits per heavy atom. The van der Waals surface area contributed by atoms with E-state index in [0.717, 1.165) is 60.0 Å². The Balaban J connectivity index is 0.00000660. The molecule has 0 radical (unpaired) electrons. The average molecular weight is 1060 g/mol. The molecule has 0 bridgehead atoms. The van der Waals surface area contributed by atoms with Gasteiger partial charge in [-0.25, -0.2) is 4.98 Å². The maximum absolute atomic E-state index is 9.24. The fourth-order valence-corrected chi connectivity index (χ4v) is 9.42. The van der Waals surface area contributed by atoms with Gasteiger partial charge in [0.1, 0.15) is 5.82 Å². The van der Waals surface area contributed by atoms with Crippen molar-refractivity contribution in [2.75, 3.05) is 4.90 Å². The Morgan fingerprint density at radius 3 is 2.19 bits per heavy atom. The van der Waals surface area contributed by atoms with Gasteiger partial charge in [-0.3, -0.25) is 0 Å². The number of fused-ring (bicyclic) bond motifs is 10. The van der Waals surface area contributed by atoms with E-state index < -0.39 is 54.7 Å². The summed E-state index contributed by atoms with van der Waals surface area (Å²) in [5.41, 5.74) is 4.50. The fourth-order valence-electron chi connectivity index (χ4n) is 9.42. The second-order valence-electron chi connectivity index (χ2n) is 17.8. The molecule has 330 valence electrons. The standard InChI is InChI=1S/C61H47N4O.Pt/c1-38-26-28-47-45-19-10-11-20-46(45)50-23-15-25-55-60(50)64(59-39(2)16-14-22-51(59)53(47)32-38)37-63(55)43-34-52(41-17-8-7-9-18-41)40(3)57(35-43)66-44-27-29-49-48-21-12-13-24-54(48)65(56(49)36-44)58-33-42(30-31-62-58)61(4,5)6;/h7-34,37H,1-6H3;/q-3;/i3D3,7D,8D,9D,12D,13D,17D,18D,21D,24D;. The van der Waals surface area contributed by atoms with Gasteiger partial charge in [0.05, 0.1) is 12.3 Å². The molecular formula is C61H47N4OPt-3. The van der Waals surface area contributed by atoms with Gasteiger partial charge in [0.25, 0.3) is 0 Å². The van der Waals surface area contributed by atoms with Crippen LogP contribution in [0.2, 0.25) is 0 Å². The maximum Gasteiger partial charge on any atom is 0.135 e. The van der Waals surface area contributed by atoms with Crippen LogP contribution in [-0.2, 0) is 26.5 Å². The van der Waals surface area contributed by atoms with Crippen LogP contribution in [0.4, 0.5) is 11.4 Å². The Labute approximate surface area is 422 Å². The van der Waals surface area contributed by atoms with Crippen LogP contribution >= 0.6 is 0 Å². The fraction of sp³-hybridized carbons (Fsp3) is 0.115. The molecule has 0 saturated heterocycles. The maximum atomic E-state index is 9.24. The number of hydrogen-bond acceptors (Lipinski definition) is 3. The van der Waals surface area contributed by atoms with E-state index in [2.05, 4.69) is 79.1 Å². The summed E-state index contributed by atoms with van der Waals surface area (Å²) in [5.74, 6) is -0.0701. The Morgan fingerprint density at radius 1 is 0.672 bits per heavy atom. The molecule has 4 heterocycles. The molecule has 1 aliphatic heterocycles. The van der Waals surface area contributed by atoms with E-state index in [1.165, 1.54) is 12.1 Å². The molecular weight excluding hydrogens is 1000 g/mol. The van der Waals surface area contributed by atoms with Crippen molar-refractivity contribution in [1.82, 2.24) is 14.1 Å². The first kappa shape index (κ1) is 30.8. The second-order valence-corrected chi connectivity index (χ2v) is 17.8. The molecule has 3 aromatic heterocycles. The van der Waals surface area contributed by atoms with Crippen molar-refractivity contribution in [2.24, 2.45) is 0 Å². The van der Waals surface area contributed by atoms with E-state index in [9.17, 15) is 4.11 Å². The largest absolute Gasteiger partial charge is 0.509 e. The van der Waals surface area contributed by atoms with Gasteiger partial charge in [0, 0.05) is 54.1 Å². The summed E-state index contributed by atoms with van der Waals surface area (Å²) < 4.78 is 118. The minimum Gasteiger partial charge on any atom is -0.509 e. The van der Waals surface area contributed by atoms with Gasteiger partial charge in [-0.15, -0.1) is 40.8 Å². The van der Waals surface area contributed by atoms with Gasteiger partial charge < -0.3 is 18.8 Å². The first-order valence-corrected chi connectivity index (χ1v) is 21.7. The number of para-hydroxylation sites is 3. The normalized spacial score (nSPS) is 15.0. The van der Waals surface area contributed by atoms with E-state index in [4.69, 9.17) is 22.1 Å². The smallest absolute Gasteiger partial charge is 0.135 e. The molecule has 0 atom stereocenters. The molecule has 0 spiro atoms. The van der Waals surface area contributed by atoms with Crippen LogP contribution < -0.4 is 9.64 Å². The second kappa shape index (κ2) is 16.2. The zero-order valence-corrected chi connectivity index (χ0v) is 39.3. The molecule has 0 saturated carbocycles. The molecule has 5 nitrogen and oxygen atoms in total. The van der Waals surface area contributed by atoms with Gasteiger partial charge in [0.15, 0.2) is 0 Å². The van der Waals surface area contributed by atoms with Crippen molar-refractivity contribution in [3.8, 4) is 28.4 Å². The zero-order valence-electron chi connectivity index (χ0n) is 49.1. The number of aryl methyl sites for hydroxylation is 2. The number of aromatic nitrogens is 3. The van der Waals surface area contributed by atoms with Crippen LogP contribution in [0.3, 0.4) is 0 Å². The van der Waals surface area contributed by atoms with Crippen molar-refractivity contribution in [2.45, 2.75) is 46.9 Å². The minimum absolute atomic E-state index is 0. The van der Waals surface area contributed by atoms with E-state index in [1.54, 1.807) is 16.8 Å². The zero-order chi connectivity index (χ0) is 55.2. The van der Waals surface area contributed by atoms with Crippen LogP contribution in [0.15, 0.2) is 170 Å². The van der Waals surface area contributed by atoms with Gasteiger partial charge >= 0.3 is 0 Å². The predicted octanol–water partition coefficient (Wildman–Crippen LogP) is 16.1. The minimum atomic E-state index is -3.05. The molecule has 0 aliphatic carbocycles. The number of anilines is 2. The Kier molecular flexibility index (Phi) is 7.46. The number of ether oxygens (including phenoxy) is 1. The van der Waals surface area contributed by atoms with Gasteiger partial charge in [-0.1, -0.05) is 177 Å². The predicted molar refractivity (Wildman–Crippen MR) is 275 cm³/mol. The number of nitrogens with zero attached hydrogens (tertiary/aromatic N) is 4. The molecule has 1 aliphatic rings. The van der Waals surface area contributed by atoms with E-state index in [0.29, 0.717) is 16.9 Å². The summed E-state index contributed by atoms with van der Waals surface area (Å²) in [6.45, 7) is 9.08. The quantitative estimate of drug-likeness (QED) is 0.161. The molecule has 67 heavy (non-hydrogen) atoms. The topological polar surface area (TPSA) is 35.2 Å².